The Morgan fingerprint density at radius 3 is 2.38 bits per heavy atom. The number of carbonyl (C=O) groups excluding carboxylic acids is 1. The maximum absolute atomic E-state index is 13.2. The molecule has 0 saturated carbocycles. The first-order valence-corrected chi connectivity index (χ1v) is 8.75. The van der Waals surface area contributed by atoms with E-state index >= 15 is 0 Å². The van der Waals surface area contributed by atoms with E-state index in [0.29, 0.717) is 24.5 Å². The molecule has 29 heavy (non-hydrogen) atoms. The normalized spacial score (nSPS) is 11.7. The first kappa shape index (κ1) is 20.3. The van der Waals surface area contributed by atoms with Crippen LogP contribution in [0.15, 0.2) is 60.8 Å². The number of nitrogens with two attached hydrogens (primary N) is 1. The van der Waals surface area contributed by atoms with Crippen molar-refractivity contribution < 1.29 is 22.7 Å². The molecule has 8 heteroatoms. The number of carbonyl (C=O) groups is 1. The van der Waals surface area contributed by atoms with Crippen molar-refractivity contribution in [1.29, 1.82) is 0 Å². The van der Waals surface area contributed by atoms with Gasteiger partial charge in [-0.1, -0.05) is 18.2 Å². The molecule has 0 radical (unpaired) electrons. The Hall–Kier alpha value is -3.39. The fourth-order valence-corrected chi connectivity index (χ4v) is 2.57. The van der Waals surface area contributed by atoms with Gasteiger partial charge in [0.15, 0.2) is 17.5 Å². The summed E-state index contributed by atoms with van der Waals surface area (Å²) in [4.78, 5) is 16.3. The van der Waals surface area contributed by atoms with Gasteiger partial charge in [-0.2, -0.15) is 0 Å². The Kier molecular flexibility index (Phi) is 6.46. The van der Waals surface area contributed by atoms with Crippen LogP contribution in [0.2, 0.25) is 0 Å². The monoisotopic (exact) mass is 401 g/mol. The lowest BCUT2D eigenvalue weighted by molar-refractivity contribution is -0.117. The van der Waals surface area contributed by atoms with Crippen molar-refractivity contribution in [3.63, 3.8) is 0 Å². The van der Waals surface area contributed by atoms with E-state index in [0.717, 1.165) is 11.3 Å². The van der Waals surface area contributed by atoms with Crippen molar-refractivity contribution in [3.8, 4) is 5.75 Å². The van der Waals surface area contributed by atoms with Gasteiger partial charge in [0, 0.05) is 24.0 Å². The highest BCUT2D eigenvalue weighted by Gasteiger charge is 2.17. The van der Waals surface area contributed by atoms with E-state index in [1.165, 1.54) is 0 Å². The Labute approximate surface area is 165 Å². The van der Waals surface area contributed by atoms with E-state index < -0.39 is 29.4 Å². The second-order valence-electron chi connectivity index (χ2n) is 6.31. The van der Waals surface area contributed by atoms with Gasteiger partial charge < -0.3 is 15.8 Å². The second kappa shape index (κ2) is 9.20. The summed E-state index contributed by atoms with van der Waals surface area (Å²) < 4.78 is 45.1. The van der Waals surface area contributed by atoms with Crippen molar-refractivity contribution in [2.45, 2.75) is 19.1 Å². The van der Waals surface area contributed by atoms with E-state index in [1.807, 2.05) is 18.2 Å². The maximum atomic E-state index is 13.2. The van der Waals surface area contributed by atoms with Crippen molar-refractivity contribution in [2.75, 3.05) is 5.32 Å². The molecule has 5 nitrogen and oxygen atoms in total. The van der Waals surface area contributed by atoms with Crippen LogP contribution >= 0.6 is 0 Å². The summed E-state index contributed by atoms with van der Waals surface area (Å²) in [5.74, 6) is -4.40. The zero-order valence-electron chi connectivity index (χ0n) is 15.2. The average Bonchev–Trinajstić information content (AvgIpc) is 2.72. The average molecular weight is 401 g/mol. The number of halogens is 3. The van der Waals surface area contributed by atoms with Crippen molar-refractivity contribution in [3.05, 3.63) is 89.5 Å². The van der Waals surface area contributed by atoms with Crippen LogP contribution in [0, 0.1) is 17.5 Å². The van der Waals surface area contributed by atoms with Gasteiger partial charge in [0.05, 0.1) is 11.7 Å². The van der Waals surface area contributed by atoms with E-state index in [2.05, 4.69) is 10.3 Å². The van der Waals surface area contributed by atoms with E-state index in [9.17, 15) is 18.0 Å². The minimum atomic E-state index is -1.60. The number of nitrogens with one attached hydrogen (secondary N) is 1. The highest BCUT2D eigenvalue weighted by molar-refractivity contribution is 5.94. The van der Waals surface area contributed by atoms with Crippen molar-refractivity contribution in [1.82, 2.24) is 4.98 Å². The van der Waals surface area contributed by atoms with Crippen LogP contribution in [0.4, 0.5) is 18.9 Å². The highest BCUT2D eigenvalue weighted by atomic mass is 19.2. The molecule has 0 spiro atoms. The highest BCUT2D eigenvalue weighted by Crippen LogP contribution is 2.18. The topological polar surface area (TPSA) is 77.2 Å². The molecule has 1 atom stereocenters. The minimum Gasteiger partial charge on any atom is -0.487 e. The van der Waals surface area contributed by atoms with Gasteiger partial charge in [0.1, 0.15) is 12.4 Å². The second-order valence-corrected chi connectivity index (χ2v) is 6.31. The van der Waals surface area contributed by atoms with Gasteiger partial charge in [0.25, 0.3) is 0 Å². The fourth-order valence-electron chi connectivity index (χ4n) is 2.57. The van der Waals surface area contributed by atoms with Crippen LogP contribution in [0.3, 0.4) is 0 Å². The molecule has 3 rings (SSSR count). The number of aromatic nitrogens is 1. The number of ether oxygens (including phenoxy) is 1. The molecule has 0 unspecified atom stereocenters. The van der Waals surface area contributed by atoms with Gasteiger partial charge in [0.2, 0.25) is 5.91 Å². The van der Waals surface area contributed by atoms with Crippen LogP contribution in [0.1, 0.15) is 11.3 Å². The zero-order chi connectivity index (χ0) is 20.8. The predicted octanol–water partition coefficient (Wildman–Crippen LogP) is 3.59. The number of hydrogen-bond acceptors (Lipinski definition) is 4. The first-order valence-electron chi connectivity index (χ1n) is 8.75. The number of amides is 1. The minimum absolute atomic E-state index is 0.193. The number of rotatable bonds is 7. The molecule has 3 N–H and O–H groups in total. The Morgan fingerprint density at radius 1 is 1.07 bits per heavy atom. The van der Waals surface area contributed by atoms with Gasteiger partial charge in [-0.15, -0.1) is 0 Å². The quantitative estimate of drug-likeness (QED) is 0.594. The first-order chi connectivity index (χ1) is 13.9. The van der Waals surface area contributed by atoms with Crippen LogP contribution in [-0.4, -0.2) is 16.9 Å². The summed E-state index contributed by atoms with van der Waals surface area (Å²) in [5.41, 5.74) is 7.22. The fraction of sp³-hybridized carbons (Fsp3) is 0.143. The largest absolute Gasteiger partial charge is 0.487 e. The Morgan fingerprint density at radius 2 is 1.76 bits per heavy atom. The molecule has 150 valence electrons. The van der Waals surface area contributed by atoms with Gasteiger partial charge >= 0.3 is 0 Å². The summed E-state index contributed by atoms with van der Waals surface area (Å²) in [7, 11) is 0. The molecule has 0 aliphatic rings. The number of anilines is 1. The summed E-state index contributed by atoms with van der Waals surface area (Å²) in [6, 6.07) is 13.0. The summed E-state index contributed by atoms with van der Waals surface area (Å²) in [6.45, 7) is 0.326. The third-order valence-corrected chi connectivity index (χ3v) is 4.08. The third-order valence-electron chi connectivity index (χ3n) is 4.08. The SMILES string of the molecule is N[C@@H](Cc1ccc(OCc2ccccn2)cc1)C(=O)Nc1cc(F)c(F)c(F)c1. The third kappa shape index (κ3) is 5.55. The van der Waals surface area contributed by atoms with Gasteiger partial charge in [-0.3, -0.25) is 9.78 Å². The molecule has 2 aromatic carbocycles. The lowest BCUT2D eigenvalue weighted by atomic mass is 10.1. The van der Waals surface area contributed by atoms with Crippen LogP contribution in [-0.2, 0) is 17.8 Å². The van der Waals surface area contributed by atoms with Crippen molar-refractivity contribution in [2.24, 2.45) is 5.73 Å². The van der Waals surface area contributed by atoms with Crippen molar-refractivity contribution >= 4 is 11.6 Å². The van der Waals surface area contributed by atoms with Crippen LogP contribution in [0.5, 0.6) is 5.75 Å². The molecule has 0 aliphatic heterocycles. The van der Waals surface area contributed by atoms with Gasteiger partial charge in [-0.25, -0.2) is 13.2 Å². The molecule has 1 heterocycles. The summed E-state index contributed by atoms with van der Waals surface area (Å²) in [6.07, 6.45) is 1.88. The Bertz CT molecular complexity index is 959. The zero-order valence-corrected chi connectivity index (χ0v) is 15.2. The summed E-state index contributed by atoms with van der Waals surface area (Å²) >= 11 is 0. The van der Waals surface area contributed by atoms with Gasteiger partial charge in [-0.05, 0) is 36.2 Å². The number of nitrogens with zero attached hydrogens (tertiary/aromatic N) is 1. The lowest BCUT2D eigenvalue weighted by Gasteiger charge is -2.13. The molecule has 0 fully saturated rings. The number of benzene rings is 2. The number of pyridine rings is 1. The van der Waals surface area contributed by atoms with Crippen LogP contribution < -0.4 is 15.8 Å². The summed E-state index contributed by atoms with van der Waals surface area (Å²) in [5, 5.41) is 2.28. The maximum Gasteiger partial charge on any atom is 0.241 e. The molecule has 0 saturated heterocycles. The molecular formula is C21H18F3N3O2. The van der Waals surface area contributed by atoms with E-state index in [1.54, 1.807) is 30.5 Å². The standard InChI is InChI=1S/C21H18F3N3O2/c22-17-10-15(11-18(23)20(17)24)27-21(28)19(25)9-13-4-6-16(7-5-13)29-12-14-3-1-2-8-26-14/h1-8,10-11,19H,9,12,25H2,(H,27,28)/t19-/m0/s1. The molecule has 0 aliphatic carbocycles. The van der Waals surface area contributed by atoms with Crippen LogP contribution in [0.25, 0.3) is 0 Å². The predicted molar refractivity (Wildman–Crippen MR) is 102 cm³/mol. The molecule has 3 aromatic rings. The number of hydrogen-bond donors (Lipinski definition) is 2. The van der Waals surface area contributed by atoms with E-state index in [-0.39, 0.29) is 12.1 Å². The van der Waals surface area contributed by atoms with E-state index in [4.69, 9.17) is 10.5 Å². The molecule has 0 bridgehead atoms. The molecule has 1 amide bonds. The molecular weight excluding hydrogens is 383 g/mol. The molecule has 1 aromatic heterocycles. The smallest absolute Gasteiger partial charge is 0.241 e. The lowest BCUT2D eigenvalue weighted by Crippen LogP contribution is -2.37. The Balaban J connectivity index is 1.54.